The Kier molecular flexibility index (Phi) is 18.3. The Morgan fingerprint density at radius 2 is 1.62 bits per heavy atom. The van der Waals surface area contributed by atoms with Crippen LogP contribution in [0.25, 0.3) is 11.0 Å². The molecule has 5 aromatic rings. The van der Waals surface area contributed by atoms with E-state index < -0.39 is 22.0 Å². The SMILES string of the molecule is CCc1cc(Nc2ncc(Cl)c(Nc3ccc4nccnc4c3NS(C)(=O)=O)n2)c(OC)cc1N1CCC(N2CCN(C(=O)CCCCCCCCNC(=O)COc3cccc4c3CN(C3CCC(=O)NC3=O)C4=O)CC2)CC1. The van der Waals surface area contributed by atoms with Crippen LogP contribution in [0.2, 0.25) is 5.02 Å². The number of methoxy groups -OCH3 is 1. The quantitative estimate of drug-likeness (QED) is 0.0355. The molecule has 9 rings (SSSR count). The van der Waals surface area contributed by atoms with Crippen LogP contribution in [-0.2, 0) is 42.2 Å². The zero-order chi connectivity index (χ0) is 55.6. The van der Waals surface area contributed by atoms with E-state index in [1.54, 1.807) is 37.4 Å². The summed E-state index contributed by atoms with van der Waals surface area (Å²) in [5.74, 6) is 0.388. The number of aromatic nitrogens is 4. The Hall–Kier alpha value is -7.37. The van der Waals surface area contributed by atoms with Gasteiger partial charge in [-0.25, -0.2) is 13.4 Å². The van der Waals surface area contributed by atoms with Crippen LogP contribution < -0.4 is 40.4 Å². The number of halogens is 1. The zero-order valence-corrected chi connectivity index (χ0v) is 46.4. The summed E-state index contributed by atoms with van der Waals surface area (Å²) in [5, 5.41) is 11.9. The molecule has 5 amide bonds. The number of sulfonamides is 1. The van der Waals surface area contributed by atoms with Gasteiger partial charge in [0, 0.05) is 100.0 Å². The van der Waals surface area contributed by atoms with Crippen LogP contribution in [0.4, 0.5) is 34.5 Å². The lowest BCUT2D eigenvalue weighted by Crippen LogP contribution is -2.54. The van der Waals surface area contributed by atoms with Crippen LogP contribution in [0, 0.1) is 0 Å². The van der Waals surface area contributed by atoms with E-state index in [2.05, 4.69) is 74.8 Å². The van der Waals surface area contributed by atoms with Crippen molar-refractivity contribution in [3.63, 3.8) is 0 Å². The van der Waals surface area contributed by atoms with Gasteiger partial charge in [-0.05, 0) is 74.4 Å². The molecule has 79 heavy (non-hydrogen) atoms. The average Bonchev–Trinajstić information content (AvgIpc) is 3.90. The van der Waals surface area contributed by atoms with Gasteiger partial charge in [-0.2, -0.15) is 4.98 Å². The summed E-state index contributed by atoms with van der Waals surface area (Å²) in [6.45, 7) is 7.63. The van der Waals surface area contributed by atoms with E-state index in [-0.39, 0.29) is 72.1 Å². The highest BCUT2D eigenvalue weighted by molar-refractivity contribution is 7.92. The number of nitrogens with one attached hydrogen (secondary N) is 5. The standard InChI is InChI=1S/C55H68ClN13O9S/c1-4-35-30-42(62-55-60-32-39(56)52(64-55)61-41-16-15-40-50(59-23-22-57-40)51(41)65-79(3,75)76)46(77-2)31-44(35)67-24-19-36(20-25-67)66-26-28-68(29-27-66)49(72)14-9-7-5-6-8-10-21-58-48(71)34-78-45-13-11-12-37-38(45)33-69(54(37)74)43-17-18-47(70)63-53(43)73/h11-13,15-16,22-23,30-32,36,43,65H,4-10,14,17-21,24-29,33-34H2,1-3H3,(H,58,71)(H,63,70,73)(H2,60,61,62,64). The molecule has 3 aromatic carbocycles. The Morgan fingerprint density at radius 3 is 2.37 bits per heavy atom. The molecule has 5 N–H and O–H groups in total. The Morgan fingerprint density at radius 1 is 0.861 bits per heavy atom. The van der Waals surface area contributed by atoms with Gasteiger partial charge in [0.2, 0.25) is 33.7 Å². The second kappa shape index (κ2) is 25.6. The monoisotopic (exact) mass is 1120 g/mol. The number of hydrogen-bond acceptors (Lipinski definition) is 17. The first-order valence-corrected chi connectivity index (χ1v) is 29.3. The highest BCUT2D eigenvalue weighted by Gasteiger charge is 2.40. The lowest BCUT2D eigenvalue weighted by molar-refractivity contribution is -0.137. The van der Waals surface area contributed by atoms with Gasteiger partial charge in [0.25, 0.3) is 11.8 Å². The molecule has 0 radical (unpaired) electrons. The average molecular weight is 1120 g/mol. The minimum Gasteiger partial charge on any atom is -0.494 e. The molecule has 3 fully saturated rings. The van der Waals surface area contributed by atoms with Gasteiger partial charge in [-0.3, -0.25) is 48.9 Å². The summed E-state index contributed by atoms with van der Waals surface area (Å²) in [7, 11) is -2.05. The smallest absolute Gasteiger partial charge is 0.257 e. The number of fused-ring (bicyclic) bond motifs is 2. The number of nitrogens with zero attached hydrogens (tertiary/aromatic N) is 8. The van der Waals surface area contributed by atoms with Crippen LogP contribution in [0.15, 0.2) is 61.1 Å². The van der Waals surface area contributed by atoms with Crippen LogP contribution in [-0.4, -0.2) is 150 Å². The fraction of sp³-hybridized carbons (Fsp3) is 0.473. The van der Waals surface area contributed by atoms with E-state index in [1.165, 1.54) is 23.5 Å². The lowest BCUT2D eigenvalue weighted by Gasteiger charge is -2.43. The molecule has 2 aromatic heterocycles. The van der Waals surface area contributed by atoms with Crippen LogP contribution in [0.1, 0.15) is 99.0 Å². The Balaban J connectivity index is 0.659. The second-order valence-electron chi connectivity index (χ2n) is 20.3. The van der Waals surface area contributed by atoms with Crippen LogP contribution >= 0.6 is 11.6 Å². The molecule has 4 aliphatic heterocycles. The largest absolute Gasteiger partial charge is 0.494 e. The molecule has 420 valence electrons. The van der Waals surface area contributed by atoms with Gasteiger partial charge in [-0.1, -0.05) is 50.3 Å². The van der Waals surface area contributed by atoms with E-state index in [1.807, 2.05) is 4.90 Å². The number of piperazine rings is 1. The summed E-state index contributed by atoms with van der Waals surface area (Å²) in [4.78, 5) is 89.2. The number of piperidine rings is 2. The Bertz CT molecular complexity index is 3190. The van der Waals surface area contributed by atoms with Gasteiger partial charge >= 0.3 is 0 Å². The number of amides is 5. The molecule has 22 nitrogen and oxygen atoms in total. The summed E-state index contributed by atoms with van der Waals surface area (Å²) in [5.41, 5.74) is 5.43. The van der Waals surface area contributed by atoms with E-state index in [0.717, 1.165) is 115 Å². The number of rotatable bonds is 23. The molecule has 1 atom stereocenters. The van der Waals surface area contributed by atoms with Gasteiger partial charge in [0.15, 0.2) is 12.4 Å². The number of carbonyl (C=O) groups is 5. The normalized spacial score (nSPS) is 17.1. The maximum atomic E-state index is 13.2. The van der Waals surface area contributed by atoms with Crippen molar-refractivity contribution in [3.8, 4) is 11.5 Å². The van der Waals surface area contributed by atoms with E-state index in [0.29, 0.717) is 64.0 Å². The van der Waals surface area contributed by atoms with Gasteiger partial charge < -0.3 is 40.1 Å². The molecule has 0 saturated carbocycles. The van der Waals surface area contributed by atoms with E-state index in [9.17, 15) is 32.4 Å². The second-order valence-corrected chi connectivity index (χ2v) is 22.4. The number of imide groups is 1. The third-order valence-corrected chi connectivity index (χ3v) is 15.8. The molecular formula is C55H68ClN13O9S. The number of unbranched alkanes of at least 4 members (excludes halogenated alkanes) is 5. The zero-order valence-electron chi connectivity index (χ0n) is 44.8. The van der Waals surface area contributed by atoms with E-state index in [4.69, 9.17) is 21.1 Å². The van der Waals surface area contributed by atoms with Crippen molar-refractivity contribution in [1.82, 2.24) is 45.3 Å². The highest BCUT2D eigenvalue weighted by Crippen LogP contribution is 2.39. The number of anilines is 6. The maximum absolute atomic E-state index is 13.2. The molecule has 4 aliphatic rings. The summed E-state index contributed by atoms with van der Waals surface area (Å²) in [6.07, 6.45) is 15.0. The van der Waals surface area contributed by atoms with Crippen molar-refractivity contribution in [2.45, 2.75) is 103 Å². The molecule has 0 bridgehead atoms. The van der Waals surface area contributed by atoms with Crippen molar-refractivity contribution in [2.24, 2.45) is 0 Å². The number of ether oxygens (including phenoxy) is 2. The summed E-state index contributed by atoms with van der Waals surface area (Å²) >= 11 is 6.58. The predicted molar refractivity (Wildman–Crippen MR) is 301 cm³/mol. The topological polar surface area (TPSA) is 263 Å². The molecule has 1 unspecified atom stereocenters. The van der Waals surface area contributed by atoms with E-state index >= 15 is 0 Å². The summed E-state index contributed by atoms with van der Waals surface area (Å²) in [6, 6.07) is 12.3. The van der Waals surface area contributed by atoms with Crippen molar-refractivity contribution in [2.75, 3.05) is 86.0 Å². The third kappa shape index (κ3) is 13.9. The van der Waals surface area contributed by atoms with Gasteiger partial charge in [0.1, 0.15) is 28.1 Å². The predicted octanol–water partition coefficient (Wildman–Crippen LogP) is 6.30. The molecule has 0 spiro atoms. The number of carbonyl (C=O) groups excluding carboxylic acids is 5. The highest BCUT2D eigenvalue weighted by atomic mass is 35.5. The first-order chi connectivity index (χ1) is 38.2. The van der Waals surface area contributed by atoms with Crippen molar-refractivity contribution >= 4 is 96.7 Å². The van der Waals surface area contributed by atoms with Crippen LogP contribution in [0.5, 0.6) is 11.5 Å². The van der Waals surface area contributed by atoms with Gasteiger partial charge in [0.05, 0.1) is 48.7 Å². The summed E-state index contributed by atoms with van der Waals surface area (Å²) < 4.78 is 39.0. The first kappa shape index (κ1) is 56.4. The van der Waals surface area contributed by atoms with Crippen molar-refractivity contribution < 1.29 is 41.9 Å². The number of benzene rings is 3. The molecular weight excluding hydrogens is 1050 g/mol. The number of aryl methyl sites for hydroxylation is 1. The van der Waals surface area contributed by atoms with Crippen molar-refractivity contribution in [3.05, 3.63) is 82.8 Å². The Labute approximate surface area is 464 Å². The molecule has 24 heteroatoms. The van der Waals surface area contributed by atoms with Crippen molar-refractivity contribution in [1.29, 1.82) is 0 Å². The fourth-order valence-corrected chi connectivity index (χ4v) is 11.6. The van der Waals surface area contributed by atoms with Gasteiger partial charge in [-0.15, -0.1) is 0 Å². The maximum Gasteiger partial charge on any atom is 0.257 e. The van der Waals surface area contributed by atoms with Crippen LogP contribution in [0.3, 0.4) is 0 Å². The molecule has 3 saturated heterocycles. The molecule has 6 heterocycles. The third-order valence-electron chi connectivity index (χ3n) is 15.0. The fourth-order valence-electron chi connectivity index (χ4n) is 10.8. The minimum atomic E-state index is -3.68. The minimum absolute atomic E-state index is 0.170. The molecule has 0 aliphatic carbocycles. The number of hydrogen-bond donors (Lipinski definition) is 5. The first-order valence-electron chi connectivity index (χ1n) is 27.1. The lowest BCUT2D eigenvalue weighted by atomic mass is 9.99.